The van der Waals surface area contributed by atoms with E-state index in [1.807, 2.05) is 0 Å². The molecule has 0 unspecified atom stereocenters. The molecule has 1 saturated heterocycles. The summed E-state index contributed by atoms with van der Waals surface area (Å²) < 4.78 is 15.1. The van der Waals surface area contributed by atoms with Crippen LogP contribution in [0.15, 0.2) is 0 Å². The molecule has 0 aromatic carbocycles. The first kappa shape index (κ1) is 15.4. The first-order valence-electron chi connectivity index (χ1n) is 6.03. The van der Waals surface area contributed by atoms with Crippen molar-refractivity contribution < 1.29 is 28.6 Å². The first-order chi connectivity index (χ1) is 8.83. The Morgan fingerprint density at radius 3 is 2.26 bits per heavy atom. The summed E-state index contributed by atoms with van der Waals surface area (Å²) in [5.41, 5.74) is -0.887. The van der Waals surface area contributed by atoms with E-state index in [0.29, 0.717) is 13.0 Å². The van der Waals surface area contributed by atoms with Crippen LogP contribution in [0, 0.1) is 0 Å². The van der Waals surface area contributed by atoms with Crippen LogP contribution in [-0.4, -0.2) is 49.3 Å². The molecule has 0 aromatic heterocycles. The van der Waals surface area contributed by atoms with E-state index in [1.165, 1.54) is 20.8 Å². The van der Waals surface area contributed by atoms with Crippen molar-refractivity contribution in [1.29, 1.82) is 0 Å². The normalized spacial score (nSPS) is 25.7. The lowest BCUT2D eigenvalue weighted by atomic mass is 10.0. The van der Waals surface area contributed by atoms with Gasteiger partial charge in [0.2, 0.25) is 0 Å². The van der Waals surface area contributed by atoms with Crippen LogP contribution in [0.1, 0.15) is 27.2 Å². The number of carbonyl (C=O) groups excluding carboxylic acids is 3. The van der Waals surface area contributed by atoms with Crippen molar-refractivity contribution in [2.45, 2.75) is 38.8 Å². The third-order valence-electron chi connectivity index (χ3n) is 2.72. The van der Waals surface area contributed by atoms with Crippen LogP contribution in [-0.2, 0) is 28.6 Å². The molecular formula is C12H19NO6. The second kappa shape index (κ2) is 6.51. The Balaban J connectivity index is 2.58. The topological polar surface area (TPSA) is 90.9 Å². The number of esters is 3. The van der Waals surface area contributed by atoms with Crippen molar-refractivity contribution in [2.24, 2.45) is 0 Å². The fourth-order valence-corrected chi connectivity index (χ4v) is 2.01. The Morgan fingerprint density at radius 2 is 1.74 bits per heavy atom. The molecule has 1 N–H and O–H groups in total. The number of carbonyl (C=O) groups is 3. The molecule has 7 nitrogen and oxygen atoms in total. The van der Waals surface area contributed by atoms with E-state index in [0.717, 1.165) is 0 Å². The minimum Gasteiger partial charge on any atom is -0.464 e. The molecule has 0 amide bonds. The number of ether oxygens (including phenoxy) is 3. The van der Waals surface area contributed by atoms with Crippen LogP contribution < -0.4 is 5.32 Å². The minimum absolute atomic E-state index is 0.00845. The standard InChI is InChI=1S/C12H19NO6/c1-8(14)17-5-11-4-12(6-13-11,19-10(3)16)7-18-9(2)15/h11,13H,4-7H2,1-3H3/t11-,12-/m0/s1. The van der Waals surface area contributed by atoms with Gasteiger partial charge < -0.3 is 19.5 Å². The maximum absolute atomic E-state index is 11.1. The van der Waals surface area contributed by atoms with Gasteiger partial charge in [0.15, 0.2) is 5.60 Å². The Kier molecular flexibility index (Phi) is 5.29. The molecule has 1 aliphatic rings. The van der Waals surface area contributed by atoms with Gasteiger partial charge in [-0.3, -0.25) is 14.4 Å². The summed E-state index contributed by atoms with van der Waals surface area (Å²) in [7, 11) is 0. The molecule has 1 aliphatic heterocycles. The van der Waals surface area contributed by atoms with Crippen molar-refractivity contribution >= 4 is 17.9 Å². The van der Waals surface area contributed by atoms with Gasteiger partial charge in [0, 0.05) is 39.8 Å². The molecule has 108 valence electrons. The second-order valence-electron chi connectivity index (χ2n) is 4.64. The first-order valence-corrected chi connectivity index (χ1v) is 6.03. The van der Waals surface area contributed by atoms with E-state index in [4.69, 9.17) is 14.2 Å². The van der Waals surface area contributed by atoms with Gasteiger partial charge in [-0.2, -0.15) is 0 Å². The predicted octanol–water partition coefficient (Wildman–Crippen LogP) is -0.224. The average Bonchev–Trinajstić information content (AvgIpc) is 2.67. The van der Waals surface area contributed by atoms with Gasteiger partial charge in [-0.15, -0.1) is 0 Å². The molecule has 1 rings (SSSR count). The smallest absolute Gasteiger partial charge is 0.303 e. The summed E-state index contributed by atoms with van der Waals surface area (Å²) >= 11 is 0. The SMILES string of the molecule is CC(=O)OC[C@@H]1C[C@](COC(C)=O)(OC(C)=O)CN1. The Labute approximate surface area is 111 Å². The highest BCUT2D eigenvalue weighted by atomic mass is 16.6. The molecule has 19 heavy (non-hydrogen) atoms. The van der Waals surface area contributed by atoms with Gasteiger partial charge in [-0.05, 0) is 0 Å². The van der Waals surface area contributed by atoms with Crippen LogP contribution in [0.3, 0.4) is 0 Å². The highest BCUT2D eigenvalue weighted by Crippen LogP contribution is 2.25. The molecule has 1 fully saturated rings. The van der Waals surface area contributed by atoms with Gasteiger partial charge in [0.05, 0.1) is 0 Å². The van der Waals surface area contributed by atoms with Crippen LogP contribution in [0.2, 0.25) is 0 Å². The lowest BCUT2D eigenvalue weighted by Crippen LogP contribution is -2.42. The summed E-state index contributed by atoms with van der Waals surface area (Å²) in [6.45, 7) is 4.46. The zero-order valence-electron chi connectivity index (χ0n) is 11.4. The predicted molar refractivity (Wildman–Crippen MR) is 64.2 cm³/mol. The zero-order chi connectivity index (χ0) is 14.5. The molecule has 2 atom stereocenters. The fourth-order valence-electron chi connectivity index (χ4n) is 2.01. The highest BCUT2D eigenvalue weighted by Gasteiger charge is 2.43. The monoisotopic (exact) mass is 273 g/mol. The molecule has 0 bridgehead atoms. The minimum atomic E-state index is -0.887. The molecular weight excluding hydrogens is 254 g/mol. The Hall–Kier alpha value is -1.63. The molecule has 0 aromatic rings. The number of rotatable bonds is 5. The summed E-state index contributed by atoms with van der Waals surface area (Å²) in [5.74, 6) is -1.25. The molecule has 0 radical (unpaired) electrons. The highest BCUT2D eigenvalue weighted by molar-refractivity contribution is 5.67. The molecule has 0 aliphatic carbocycles. The van der Waals surface area contributed by atoms with Crippen molar-refractivity contribution in [3.05, 3.63) is 0 Å². The quantitative estimate of drug-likeness (QED) is 0.546. The van der Waals surface area contributed by atoms with E-state index in [1.54, 1.807) is 0 Å². The van der Waals surface area contributed by atoms with Crippen LogP contribution in [0.5, 0.6) is 0 Å². The van der Waals surface area contributed by atoms with Crippen molar-refractivity contribution in [1.82, 2.24) is 5.32 Å². The van der Waals surface area contributed by atoms with E-state index in [9.17, 15) is 14.4 Å². The van der Waals surface area contributed by atoms with E-state index >= 15 is 0 Å². The number of hydrogen-bond donors (Lipinski definition) is 1. The third-order valence-corrected chi connectivity index (χ3v) is 2.72. The van der Waals surface area contributed by atoms with Crippen molar-refractivity contribution in [3.63, 3.8) is 0 Å². The van der Waals surface area contributed by atoms with Gasteiger partial charge in [-0.1, -0.05) is 0 Å². The zero-order valence-corrected chi connectivity index (χ0v) is 11.4. The Morgan fingerprint density at radius 1 is 1.11 bits per heavy atom. The van der Waals surface area contributed by atoms with E-state index in [2.05, 4.69) is 5.32 Å². The number of nitrogens with one attached hydrogen (secondary N) is 1. The van der Waals surface area contributed by atoms with Crippen LogP contribution >= 0.6 is 0 Å². The third kappa shape index (κ3) is 5.25. The van der Waals surface area contributed by atoms with Gasteiger partial charge in [-0.25, -0.2) is 0 Å². The largest absolute Gasteiger partial charge is 0.464 e. The molecule has 1 heterocycles. The fraction of sp³-hybridized carbons (Fsp3) is 0.750. The maximum Gasteiger partial charge on any atom is 0.303 e. The van der Waals surface area contributed by atoms with Crippen LogP contribution in [0.25, 0.3) is 0 Å². The van der Waals surface area contributed by atoms with Gasteiger partial charge in [0.1, 0.15) is 13.2 Å². The van der Waals surface area contributed by atoms with Crippen molar-refractivity contribution in [3.8, 4) is 0 Å². The van der Waals surface area contributed by atoms with E-state index < -0.39 is 17.5 Å². The van der Waals surface area contributed by atoms with Gasteiger partial charge >= 0.3 is 17.9 Å². The molecule has 0 spiro atoms. The summed E-state index contributed by atoms with van der Waals surface area (Å²) in [6.07, 6.45) is 0.424. The van der Waals surface area contributed by atoms with Crippen LogP contribution in [0.4, 0.5) is 0 Å². The Bertz CT molecular complexity index is 369. The van der Waals surface area contributed by atoms with Crippen molar-refractivity contribution in [2.75, 3.05) is 19.8 Å². The summed E-state index contributed by atoms with van der Waals surface area (Å²) in [5, 5.41) is 3.09. The van der Waals surface area contributed by atoms with Gasteiger partial charge in [0.25, 0.3) is 0 Å². The lowest BCUT2D eigenvalue weighted by Gasteiger charge is -2.27. The average molecular weight is 273 g/mol. The van der Waals surface area contributed by atoms with E-state index in [-0.39, 0.29) is 25.2 Å². The molecule has 0 saturated carbocycles. The second-order valence-corrected chi connectivity index (χ2v) is 4.64. The maximum atomic E-state index is 11.1. The lowest BCUT2D eigenvalue weighted by molar-refractivity contribution is -0.168. The summed E-state index contributed by atoms with van der Waals surface area (Å²) in [6, 6.07) is -0.126. The summed E-state index contributed by atoms with van der Waals surface area (Å²) in [4.78, 5) is 32.8. The molecule has 7 heteroatoms. The number of hydrogen-bond acceptors (Lipinski definition) is 7.